The average molecular weight is 275 g/mol. The first-order valence-electron chi connectivity index (χ1n) is 7.34. The van der Waals surface area contributed by atoms with E-state index in [0.29, 0.717) is 0 Å². The van der Waals surface area contributed by atoms with Crippen LogP contribution in [0, 0.1) is 5.41 Å². The lowest BCUT2D eigenvalue weighted by atomic mass is 9.75. The molecule has 1 aliphatic rings. The molecule has 0 radical (unpaired) electrons. The molecule has 4 nitrogen and oxygen atoms in total. The molecule has 0 unspecified atom stereocenters. The van der Waals surface area contributed by atoms with E-state index >= 15 is 0 Å². The van der Waals surface area contributed by atoms with Crippen LogP contribution in [0.2, 0.25) is 0 Å². The molecule has 0 bridgehead atoms. The number of carbonyl (C=O) groups excluding carboxylic acids is 1. The first kappa shape index (κ1) is 15.0. The summed E-state index contributed by atoms with van der Waals surface area (Å²) in [5, 5.41) is 6.44. The van der Waals surface area contributed by atoms with E-state index in [0.717, 1.165) is 44.6 Å². The van der Waals surface area contributed by atoms with E-state index in [1.165, 1.54) is 0 Å². The van der Waals surface area contributed by atoms with Crippen molar-refractivity contribution in [1.82, 2.24) is 10.2 Å². The summed E-state index contributed by atoms with van der Waals surface area (Å²) in [7, 11) is 4.12. The highest BCUT2D eigenvalue weighted by molar-refractivity contribution is 5.95. The maximum Gasteiger partial charge on any atom is 0.230 e. The monoisotopic (exact) mass is 275 g/mol. The summed E-state index contributed by atoms with van der Waals surface area (Å²) in [6.07, 6.45) is 2.75. The Hall–Kier alpha value is -1.39. The number of hydrogen-bond donors (Lipinski definition) is 2. The predicted octanol–water partition coefficient (Wildman–Crippen LogP) is 1.95. The van der Waals surface area contributed by atoms with Crippen molar-refractivity contribution >= 4 is 11.6 Å². The van der Waals surface area contributed by atoms with Crippen molar-refractivity contribution in [3.8, 4) is 0 Å². The van der Waals surface area contributed by atoms with Gasteiger partial charge in [-0.25, -0.2) is 0 Å². The molecule has 1 aliphatic heterocycles. The van der Waals surface area contributed by atoms with Crippen LogP contribution in [0.15, 0.2) is 30.3 Å². The Morgan fingerprint density at radius 1 is 1.25 bits per heavy atom. The molecule has 1 heterocycles. The summed E-state index contributed by atoms with van der Waals surface area (Å²) in [5.41, 5.74) is 0.658. The van der Waals surface area contributed by atoms with Gasteiger partial charge in [0.1, 0.15) is 0 Å². The highest BCUT2D eigenvalue weighted by Gasteiger charge is 2.39. The van der Waals surface area contributed by atoms with Gasteiger partial charge in [-0.3, -0.25) is 4.79 Å². The number of amides is 1. The van der Waals surface area contributed by atoms with Gasteiger partial charge in [0, 0.05) is 5.69 Å². The molecule has 1 fully saturated rings. The van der Waals surface area contributed by atoms with Gasteiger partial charge in [0.05, 0.1) is 5.41 Å². The van der Waals surface area contributed by atoms with E-state index in [2.05, 4.69) is 29.6 Å². The maximum absolute atomic E-state index is 12.7. The number of carbonyl (C=O) groups is 1. The molecule has 110 valence electrons. The molecule has 0 saturated carbocycles. The molecule has 4 heteroatoms. The first-order valence-corrected chi connectivity index (χ1v) is 7.34. The number of rotatable bonds is 5. The van der Waals surface area contributed by atoms with E-state index in [9.17, 15) is 4.79 Å². The van der Waals surface area contributed by atoms with Gasteiger partial charge in [-0.1, -0.05) is 18.2 Å². The Balaban J connectivity index is 2.07. The Kier molecular flexibility index (Phi) is 5.15. The summed E-state index contributed by atoms with van der Waals surface area (Å²) in [6.45, 7) is 2.80. The minimum atomic E-state index is -0.231. The molecule has 0 spiro atoms. The second-order valence-electron chi connectivity index (χ2n) is 5.90. The van der Waals surface area contributed by atoms with Gasteiger partial charge < -0.3 is 15.5 Å². The second-order valence-corrected chi connectivity index (χ2v) is 5.90. The third-order valence-corrected chi connectivity index (χ3v) is 4.11. The van der Waals surface area contributed by atoms with Gasteiger partial charge in [0.25, 0.3) is 0 Å². The number of para-hydroxylation sites is 1. The van der Waals surface area contributed by atoms with Gasteiger partial charge in [0.2, 0.25) is 5.91 Å². The van der Waals surface area contributed by atoms with Crippen LogP contribution in [-0.2, 0) is 4.79 Å². The summed E-state index contributed by atoms with van der Waals surface area (Å²) in [4.78, 5) is 14.9. The standard InChI is InChI=1S/C16H25N3O/c1-19(2)13-10-16(8-11-17-12-9-16)15(20)18-14-6-4-3-5-7-14/h3-7,17H,8-13H2,1-2H3,(H,18,20). The van der Waals surface area contributed by atoms with Crippen molar-refractivity contribution in [2.75, 3.05) is 39.0 Å². The van der Waals surface area contributed by atoms with Crippen molar-refractivity contribution < 1.29 is 4.79 Å². The topological polar surface area (TPSA) is 44.4 Å². The SMILES string of the molecule is CN(C)CCC1(C(=O)Nc2ccccc2)CCNCC1. The van der Waals surface area contributed by atoms with Crippen molar-refractivity contribution in [3.63, 3.8) is 0 Å². The van der Waals surface area contributed by atoms with Crippen LogP contribution in [-0.4, -0.2) is 44.5 Å². The summed E-state index contributed by atoms with van der Waals surface area (Å²) in [5.74, 6) is 0.173. The normalized spacial score (nSPS) is 17.9. The van der Waals surface area contributed by atoms with E-state index in [-0.39, 0.29) is 11.3 Å². The molecule has 0 aromatic heterocycles. The number of anilines is 1. The highest BCUT2D eigenvalue weighted by Crippen LogP contribution is 2.34. The molecule has 1 saturated heterocycles. The Bertz CT molecular complexity index is 425. The summed E-state index contributed by atoms with van der Waals surface area (Å²) >= 11 is 0. The summed E-state index contributed by atoms with van der Waals surface area (Å²) < 4.78 is 0. The number of nitrogens with one attached hydrogen (secondary N) is 2. The summed E-state index contributed by atoms with van der Waals surface area (Å²) in [6, 6.07) is 9.74. The predicted molar refractivity (Wildman–Crippen MR) is 82.8 cm³/mol. The van der Waals surface area contributed by atoms with Crippen molar-refractivity contribution in [1.29, 1.82) is 0 Å². The van der Waals surface area contributed by atoms with Crippen molar-refractivity contribution in [2.24, 2.45) is 5.41 Å². The number of nitrogens with zero attached hydrogens (tertiary/aromatic N) is 1. The third kappa shape index (κ3) is 3.81. The van der Waals surface area contributed by atoms with Crippen LogP contribution in [0.4, 0.5) is 5.69 Å². The molecule has 1 aromatic rings. The molecule has 2 rings (SSSR count). The lowest BCUT2D eigenvalue weighted by Crippen LogP contribution is -2.46. The number of piperidine rings is 1. The van der Waals surface area contributed by atoms with Gasteiger partial charge >= 0.3 is 0 Å². The van der Waals surface area contributed by atoms with Crippen LogP contribution in [0.3, 0.4) is 0 Å². The van der Waals surface area contributed by atoms with Crippen LogP contribution in [0.25, 0.3) is 0 Å². The lowest BCUT2D eigenvalue weighted by Gasteiger charge is -2.37. The first-order chi connectivity index (χ1) is 9.62. The fourth-order valence-corrected chi connectivity index (χ4v) is 2.72. The molecule has 1 aromatic carbocycles. The minimum absolute atomic E-state index is 0.173. The van der Waals surface area contributed by atoms with Gasteiger partial charge in [-0.15, -0.1) is 0 Å². The van der Waals surface area contributed by atoms with E-state index in [4.69, 9.17) is 0 Å². The van der Waals surface area contributed by atoms with Crippen LogP contribution < -0.4 is 10.6 Å². The van der Waals surface area contributed by atoms with Crippen LogP contribution >= 0.6 is 0 Å². The molecular weight excluding hydrogens is 250 g/mol. The molecule has 0 atom stereocenters. The van der Waals surface area contributed by atoms with Crippen molar-refractivity contribution in [2.45, 2.75) is 19.3 Å². The quantitative estimate of drug-likeness (QED) is 0.863. The van der Waals surface area contributed by atoms with Crippen LogP contribution in [0.1, 0.15) is 19.3 Å². The second kappa shape index (κ2) is 6.86. The van der Waals surface area contributed by atoms with Crippen LogP contribution in [0.5, 0.6) is 0 Å². The van der Waals surface area contributed by atoms with Gasteiger partial charge in [-0.05, 0) is 65.1 Å². The zero-order chi connectivity index (χ0) is 14.4. The smallest absolute Gasteiger partial charge is 0.230 e. The Labute approximate surface area is 121 Å². The minimum Gasteiger partial charge on any atom is -0.326 e. The molecule has 2 N–H and O–H groups in total. The number of hydrogen-bond acceptors (Lipinski definition) is 3. The number of benzene rings is 1. The van der Waals surface area contributed by atoms with E-state index < -0.39 is 0 Å². The molecule has 20 heavy (non-hydrogen) atoms. The maximum atomic E-state index is 12.7. The van der Waals surface area contributed by atoms with Crippen molar-refractivity contribution in [3.05, 3.63) is 30.3 Å². The Morgan fingerprint density at radius 3 is 2.50 bits per heavy atom. The zero-order valence-corrected chi connectivity index (χ0v) is 12.5. The molecule has 0 aliphatic carbocycles. The Morgan fingerprint density at radius 2 is 1.90 bits per heavy atom. The lowest BCUT2D eigenvalue weighted by molar-refractivity contribution is -0.127. The fraction of sp³-hybridized carbons (Fsp3) is 0.562. The largest absolute Gasteiger partial charge is 0.326 e. The third-order valence-electron chi connectivity index (χ3n) is 4.11. The molecule has 1 amide bonds. The highest BCUT2D eigenvalue weighted by atomic mass is 16.2. The van der Waals surface area contributed by atoms with Gasteiger partial charge in [0.15, 0.2) is 0 Å². The van der Waals surface area contributed by atoms with E-state index in [1.807, 2.05) is 30.3 Å². The van der Waals surface area contributed by atoms with E-state index in [1.54, 1.807) is 0 Å². The fourth-order valence-electron chi connectivity index (χ4n) is 2.72. The zero-order valence-electron chi connectivity index (χ0n) is 12.5. The van der Waals surface area contributed by atoms with Gasteiger partial charge in [-0.2, -0.15) is 0 Å². The molecular formula is C16H25N3O. The average Bonchev–Trinajstić information content (AvgIpc) is 2.47.